The minimum atomic E-state index is 0.656. The molecule has 1 aromatic heterocycles. The number of hydrogen-bond acceptors (Lipinski definition) is 3. The number of nitrogens with zero attached hydrogens (tertiary/aromatic N) is 3. The molecule has 4 nitrogen and oxygen atoms in total. The molecule has 1 aliphatic heterocycles. The van der Waals surface area contributed by atoms with E-state index in [0.29, 0.717) is 5.92 Å². The fourth-order valence-electron chi connectivity index (χ4n) is 2.35. The molecule has 0 saturated carbocycles. The molecule has 17 heavy (non-hydrogen) atoms. The molecule has 2 heterocycles. The quantitative estimate of drug-likeness (QED) is 0.820. The van der Waals surface area contributed by atoms with Gasteiger partial charge in [-0.25, -0.2) is 4.98 Å². The maximum Gasteiger partial charge on any atom is 0.202 e. The molecule has 0 spiro atoms. The smallest absolute Gasteiger partial charge is 0.202 e. The molecule has 1 aliphatic rings. The lowest BCUT2D eigenvalue weighted by molar-refractivity contribution is 0.352. The predicted octanol–water partition coefficient (Wildman–Crippen LogP) is 2.05. The van der Waals surface area contributed by atoms with Crippen LogP contribution in [0.2, 0.25) is 0 Å². The number of anilines is 1. The lowest BCUT2D eigenvalue weighted by Gasteiger charge is -2.16. The van der Waals surface area contributed by atoms with E-state index in [-0.39, 0.29) is 0 Å². The third-order valence-electron chi connectivity index (χ3n) is 3.19. The molecule has 1 fully saturated rings. The molecular weight excluding hydrogens is 212 g/mol. The molecule has 0 aliphatic carbocycles. The molecule has 96 valence electrons. The topological polar surface area (TPSA) is 33.1 Å². The van der Waals surface area contributed by atoms with Crippen LogP contribution in [0.4, 0.5) is 5.95 Å². The lowest BCUT2D eigenvalue weighted by atomic mass is 10.2. The summed E-state index contributed by atoms with van der Waals surface area (Å²) in [6.45, 7) is 10.2. The highest BCUT2D eigenvalue weighted by atomic mass is 15.2. The fourth-order valence-corrected chi connectivity index (χ4v) is 2.35. The summed E-state index contributed by atoms with van der Waals surface area (Å²) in [7, 11) is 0. The minimum Gasteiger partial charge on any atom is -0.354 e. The maximum atomic E-state index is 4.37. The Labute approximate surface area is 104 Å². The molecule has 0 atom stereocenters. The lowest BCUT2D eigenvalue weighted by Crippen LogP contribution is -2.26. The van der Waals surface area contributed by atoms with Crippen molar-refractivity contribution in [2.45, 2.75) is 33.2 Å². The Morgan fingerprint density at radius 2 is 2.12 bits per heavy atom. The summed E-state index contributed by atoms with van der Waals surface area (Å²) in [6, 6.07) is 0. The second kappa shape index (κ2) is 6.05. The van der Waals surface area contributed by atoms with Gasteiger partial charge >= 0.3 is 0 Å². The summed E-state index contributed by atoms with van der Waals surface area (Å²) in [5.74, 6) is 1.67. The van der Waals surface area contributed by atoms with E-state index in [9.17, 15) is 0 Å². The Bertz CT molecular complexity index is 326. The van der Waals surface area contributed by atoms with Gasteiger partial charge in [-0.1, -0.05) is 13.8 Å². The zero-order valence-corrected chi connectivity index (χ0v) is 11.0. The first-order valence-corrected chi connectivity index (χ1v) is 6.73. The first-order valence-electron chi connectivity index (χ1n) is 6.73. The predicted molar refractivity (Wildman–Crippen MR) is 71.2 cm³/mol. The zero-order chi connectivity index (χ0) is 12.1. The number of aromatic nitrogens is 2. The Hall–Kier alpha value is -1.03. The summed E-state index contributed by atoms with van der Waals surface area (Å²) in [5, 5.41) is 3.44. The van der Waals surface area contributed by atoms with E-state index in [1.807, 2.05) is 6.20 Å². The highest BCUT2D eigenvalue weighted by Gasteiger charge is 2.11. The largest absolute Gasteiger partial charge is 0.354 e. The molecule has 0 unspecified atom stereocenters. The standard InChI is InChI=1S/C13H24N4/c1-12(2)11-17-10-6-15-13(17)14-5-9-16-7-3-4-8-16/h6,10,12H,3-5,7-9,11H2,1-2H3,(H,14,15). The number of nitrogens with one attached hydrogen (secondary N) is 1. The highest BCUT2D eigenvalue weighted by molar-refractivity contribution is 5.25. The molecule has 0 radical (unpaired) electrons. The van der Waals surface area contributed by atoms with Gasteiger partial charge in [0.05, 0.1) is 0 Å². The van der Waals surface area contributed by atoms with Crippen molar-refractivity contribution in [2.24, 2.45) is 5.92 Å². The second-order valence-corrected chi connectivity index (χ2v) is 5.27. The molecule has 1 saturated heterocycles. The van der Waals surface area contributed by atoms with Crippen molar-refractivity contribution < 1.29 is 0 Å². The van der Waals surface area contributed by atoms with Gasteiger partial charge in [0.25, 0.3) is 0 Å². The summed E-state index contributed by atoms with van der Waals surface area (Å²) >= 11 is 0. The number of rotatable bonds is 6. The zero-order valence-electron chi connectivity index (χ0n) is 11.0. The van der Waals surface area contributed by atoms with Gasteiger partial charge in [0, 0.05) is 32.0 Å². The molecule has 1 aromatic rings. The summed E-state index contributed by atoms with van der Waals surface area (Å²) in [4.78, 5) is 6.88. The van der Waals surface area contributed by atoms with Crippen LogP contribution in [-0.2, 0) is 6.54 Å². The Morgan fingerprint density at radius 1 is 1.35 bits per heavy atom. The van der Waals surface area contributed by atoms with E-state index in [2.05, 4.69) is 39.8 Å². The minimum absolute atomic E-state index is 0.656. The van der Waals surface area contributed by atoms with Crippen LogP contribution in [0.25, 0.3) is 0 Å². The van der Waals surface area contributed by atoms with Crippen molar-refractivity contribution in [2.75, 3.05) is 31.5 Å². The second-order valence-electron chi connectivity index (χ2n) is 5.27. The van der Waals surface area contributed by atoms with Crippen LogP contribution in [0.15, 0.2) is 12.4 Å². The SMILES string of the molecule is CC(C)Cn1ccnc1NCCN1CCCC1. The van der Waals surface area contributed by atoms with Crippen LogP contribution in [0.5, 0.6) is 0 Å². The van der Waals surface area contributed by atoms with Crippen LogP contribution in [0.3, 0.4) is 0 Å². The highest BCUT2D eigenvalue weighted by Crippen LogP contribution is 2.09. The first kappa shape index (κ1) is 12.4. The molecule has 0 aromatic carbocycles. The Balaban J connectivity index is 1.75. The van der Waals surface area contributed by atoms with Gasteiger partial charge in [-0.15, -0.1) is 0 Å². The van der Waals surface area contributed by atoms with E-state index in [4.69, 9.17) is 0 Å². The van der Waals surface area contributed by atoms with Crippen molar-refractivity contribution in [3.8, 4) is 0 Å². The van der Waals surface area contributed by atoms with Crippen LogP contribution >= 0.6 is 0 Å². The van der Waals surface area contributed by atoms with Gasteiger partial charge in [-0.3, -0.25) is 0 Å². The molecule has 1 N–H and O–H groups in total. The maximum absolute atomic E-state index is 4.37. The van der Waals surface area contributed by atoms with Crippen molar-refractivity contribution >= 4 is 5.95 Å². The Kier molecular flexibility index (Phi) is 4.42. The average molecular weight is 236 g/mol. The molecule has 0 bridgehead atoms. The van der Waals surface area contributed by atoms with Gasteiger partial charge in [0.1, 0.15) is 0 Å². The van der Waals surface area contributed by atoms with Gasteiger partial charge < -0.3 is 14.8 Å². The normalized spacial score (nSPS) is 16.9. The van der Waals surface area contributed by atoms with E-state index in [1.54, 1.807) is 0 Å². The van der Waals surface area contributed by atoms with Crippen LogP contribution < -0.4 is 5.32 Å². The third-order valence-corrected chi connectivity index (χ3v) is 3.19. The first-order chi connectivity index (χ1) is 8.25. The summed E-state index contributed by atoms with van der Waals surface area (Å²) in [6.07, 6.45) is 6.66. The van der Waals surface area contributed by atoms with E-state index < -0.39 is 0 Å². The third kappa shape index (κ3) is 3.73. The molecule has 4 heteroatoms. The summed E-state index contributed by atoms with van der Waals surface area (Å²) < 4.78 is 2.20. The van der Waals surface area contributed by atoms with E-state index >= 15 is 0 Å². The van der Waals surface area contributed by atoms with Crippen molar-refractivity contribution in [1.29, 1.82) is 0 Å². The summed E-state index contributed by atoms with van der Waals surface area (Å²) in [5.41, 5.74) is 0. The van der Waals surface area contributed by atoms with E-state index in [1.165, 1.54) is 25.9 Å². The fraction of sp³-hybridized carbons (Fsp3) is 0.769. The van der Waals surface area contributed by atoms with Crippen LogP contribution in [0, 0.1) is 5.92 Å². The molecule has 2 rings (SSSR count). The van der Waals surface area contributed by atoms with Crippen molar-refractivity contribution in [3.05, 3.63) is 12.4 Å². The van der Waals surface area contributed by atoms with Gasteiger partial charge in [0.2, 0.25) is 5.95 Å². The molecule has 0 amide bonds. The average Bonchev–Trinajstić information content (AvgIpc) is 2.90. The van der Waals surface area contributed by atoms with E-state index in [0.717, 1.165) is 25.6 Å². The molecular formula is C13H24N4. The van der Waals surface area contributed by atoms with Gasteiger partial charge in [-0.2, -0.15) is 0 Å². The van der Waals surface area contributed by atoms with Crippen LogP contribution in [0.1, 0.15) is 26.7 Å². The number of hydrogen-bond donors (Lipinski definition) is 1. The Morgan fingerprint density at radius 3 is 2.82 bits per heavy atom. The van der Waals surface area contributed by atoms with Crippen molar-refractivity contribution in [3.63, 3.8) is 0 Å². The monoisotopic (exact) mass is 236 g/mol. The van der Waals surface area contributed by atoms with Crippen LogP contribution in [-0.4, -0.2) is 40.6 Å². The van der Waals surface area contributed by atoms with Gasteiger partial charge in [-0.05, 0) is 31.8 Å². The van der Waals surface area contributed by atoms with Gasteiger partial charge in [0.15, 0.2) is 0 Å². The van der Waals surface area contributed by atoms with Crippen molar-refractivity contribution in [1.82, 2.24) is 14.5 Å². The number of likely N-dealkylation sites (tertiary alicyclic amines) is 1. The number of imidazole rings is 1.